The summed E-state index contributed by atoms with van der Waals surface area (Å²) in [6.45, 7) is 0.894. The van der Waals surface area contributed by atoms with Crippen LogP contribution < -0.4 is 0 Å². The summed E-state index contributed by atoms with van der Waals surface area (Å²) in [4.78, 5) is 16.0. The maximum absolute atomic E-state index is 10.6. The quantitative estimate of drug-likeness (QED) is 0.778. The van der Waals surface area contributed by atoms with E-state index in [1.54, 1.807) is 12.5 Å². The molecule has 1 aliphatic rings. The summed E-state index contributed by atoms with van der Waals surface area (Å²) in [6, 6.07) is 8.53. The van der Waals surface area contributed by atoms with Crippen LogP contribution in [0.2, 0.25) is 0 Å². The van der Waals surface area contributed by atoms with Gasteiger partial charge in [-0.2, -0.15) is 0 Å². The second kappa shape index (κ2) is 4.37. The molecule has 0 aliphatic carbocycles. The largest absolute Gasteiger partial charge is 0.336 e. The van der Waals surface area contributed by atoms with Gasteiger partial charge in [-0.05, 0) is 11.6 Å². The highest BCUT2D eigenvalue weighted by molar-refractivity contribution is 7.99. The topological polar surface area (TPSA) is 34.9 Å². The molecule has 0 saturated heterocycles. The van der Waals surface area contributed by atoms with Crippen LogP contribution in [0, 0.1) is 0 Å². The number of nitrogens with zero attached hydrogens (tertiary/aromatic N) is 2. The standard InChI is InChI=1S/C13H12N2OS/c16-7-11-6-15(9-14-11)5-10-8-17-13-4-2-1-3-12(10)13/h1-4,6-7,9-10H,5,8H2. The summed E-state index contributed by atoms with van der Waals surface area (Å²) >= 11 is 1.90. The maximum atomic E-state index is 10.6. The van der Waals surface area contributed by atoms with Gasteiger partial charge in [0.2, 0.25) is 0 Å². The van der Waals surface area contributed by atoms with Crippen LogP contribution in [-0.4, -0.2) is 21.6 Å². The third-order valence-electron chi connectivity index (χ3n) is 3.00. The van der Waals surface area contributed by atoms with Crippen molar-refractivity contribution in [3.05, 3.63) is 48.0 Å². The summed E-state index contributed by atoms with van der Waals surface area (Å²) in [5, 5.41) is 0. The van der Waals surface area contributed by atoms with Crippen molar-refractivity contribution in [1.82, 2.24) is 9.55 Å². The number of rotatable bonds is 3. The van der Waals surface area contributed by atoms with Gasteiger partial charge in [0, 0.05) is 29.3 Å². The van der Waals surface area contributed by atoms with Gasteiger partial charge in [0.1, 0.15) is 5.69 Å². The molecule has 2 aromatic rings. The molecular weight excluding hydrogens is 232 g/mol. The molecule has 1 unspecified atom stereocenters. The van der Waals surface area contributed by atoms with Crippen molar-refractivity contribution in [2.75, 3.05) is 5.75 Å². The lowest BCUT2D eigenvalue weighted by Gasteiger charge is -2.10. The first-order valence-electron chi connectivity index (χ1n) is 5.55. The molecule has 0 spiro atoms. The van der Waals surface area contributed by atoms with Crippen molar-refractivity contribution < 1.29 is 4.79 Å². The van der Waals surface area contributed by atoms with Gasteiger partial charge in [0.05, 0.1) is 6.33 Å². The Morgan fingerprint density at radius 3 is 3.18 bits per heavy atom. The molecule has 2 heterocycles. The fraction of sp³-hybridized carbons (Fsp3) is 0.231. The van der Waals surface area contributed by atoms with E-state index in [-0.39, 0.29) is 0 Å². The van der Waals surface area contributed by atoms with Gasteiger partial charge in [-0.3, -0.25) is 4.79 Å². The molecule has 0 radical (unpaired) electrons. The van der Waals surface area contributed by atoms with Gasteiger partial charge in [-0.15, -0.1) is 11.8 Å². The Morgan fingerprint density at radius 2 is 2.35 bits per heavy atom. The Labute approximate surface area is 104 Å². The van der Waals surface area contributed by atoms with E-state index in [0.29, 0.717) is 11.6 Å². The van der Waals surface area contributed by atoms with Crippen molar-refractivity contribution in [1.29, 1.82) is 0 Å². The zero-order valence-electron chi connectivity index (χ0n) is 9.24. The lowest BCUT2D eigenvalue weighted by atomic mass is 10.0. The van der Waals surface area contributed by atoms with Crippen LogP contribution >= 0.6 is 11.8 Å². The molecule has 3 nitrogen and oxygen atoms in total. The summed E-state index contributed by atoms with van der Waals surface area (Å²) in [5.41, 5.74) is 1.92. The highest BCUT2D eigenvalue weighted by atomic mass is 32.2. The minimum atomic E-state index is 0.504. The number of imidazole rings is 1. The van der Waals surface area contributed by atoms with Crippen LogP contribution in [0.25, 0.3) is 0 Å². The number of carbonyl (C=O) groups is 1. The highest BCUT2D eigenvalue weighted by Crippen LogP contribution is 2.39. The van der Waals surface area contributed by atoms with Gasteiger partial charge in [0.15, 0.2) is 6.29 Å². The van der Waals surface area contributed by atoms with Crippen molar-refractivity contribution in [3.8, 4) is 0 Å². The van der Waals surface area contributed by atoms with Crippen molar-refractivity contribution in [2.45, 2.75) is 17.4 Å². The Morgan fingerprint density at radius 1 is 1.47 bits per heavy atom. The molecule has 0 N–H and O–H groups in total. The number of benzene rings is 1. The molecule has 1 aliphatic heterocycles. The average Bonchev–Trinajstić information content (AvgIpc) is 2.97. The third kappa shape index (κ3) is 2.00. The number of carbonyl (C=O) groups excluding carboxylic acids is 1. The van der Waals surface area contributed by atoms with E-state index in [9.17, 15) is 4.79 Å². The van der Waals surface area contributed by atoms with Crippen molar-refractivity contribution in [3.63, 3.8) is 0 Å². The number of aromatic nitrogens is 2. The molecule has 0 amide bonds. The van der Waals surface area contributed by atoms with Crippen LogP contribution in [-0.2, 0) is 6.54 Å². The first kappa shape index (κ1) is 10.6. The predicted molar refractivity (Wildman–Crippen MR) is 67.5 cm³/mol. The number of aldehydes is 1. The van der Waals surface area contributed by atoms with Crippen LogP contribution in [0.3, 0.4) is 0 Å². The summed E-state index contributed by atoms with van der Waals surface area (Å²) in [7, 11) is 0. The normalized spacial score (nSPS) is 18.0. The van der Waals surface area contributed by atoms with E-state index in [1.165, 1.54) is 10.5 Å². The van der Waals surface area contributed by atoms with Crippen molar-refractivity contribution in [2.24, 2.45) is 0 Å². The fourth-order valence-electron chi connectivity index (χ4n) is 2.17. The summed E-state index contributed by atoms with van der Waals surface area (Å²) in [6.07, 6.45) is 4.32. The SMILES string of the molecule is O=Cc1cn(CC2CSc3ccccc32)cn1. The van der Waals surface area contributed by atoms with Crippen LogP contribution in [0.15, 0.2) is 41.7 Å². The zero-order chi connectivity index (χ0) is 11.7. The van der Waals surface area contributed by atoms with Crippen LogP contribution in [0.5, 0.6) is 0 Å². The molecule has 0 saturated carbocycles. The smallest absolute Gasteiger partial charge is 0.169 e. The average molecular weight is 244 g/mol. The predicted octanol–water partition coefficient (Wildman–Crippen LogP) is 2.59. The second-order valence-electron chi connectivity index (χ2n) is 4.16. The van der Waals surface area contributed by atoms with E-state index in [2.05, 4.69) is 29.2 Å². The lowest BCUT2D eigenvalue weighted by molar-refractivity contribution is 0.111. The van der Waals surface area contributed by atoms with Gasteiger partial charge >= 0.3 is 0 Å². The Hall–Kier alpha value is -1.55. The highest BCUT2D eigenvalue weighted by Gasteiger charge is 2.22. The van der Waals surface area contributed by atoms with Crippen molar-refractivity contribution >= 4 is 18.0 Å². The number of thioether (sulfide) groups is 1. The number of hydrogen-bond donors (Lipinski definition) is 0. The molecular formula is C13H12N2OS. The van der Waals surface area contributed by atoms with E-state index in [4.69, 9.17) is 0 Å². The number of fused-ring (bicyclic) bond motifs is 1. The Balaban J connectivity index is 1.81. The molecule has 0 bridgehead atoms. The molecule has 3 rings (SSSR count). The Bertz CT molecular complexity index is 550. The molecule has 1 atom stereocenters. The van der Waals surface area contributed by atoms with E-state index in [1.807, 2.05) is 16.3 Å². The van der Waals surface area contributed by atoms with Crippen LogP contribution in [0.1, 0.15) is 22.0 Å². The molecule has 1 aromatic carbocycles. The zero-order valence-corrected chi connectivity index (χ0v) is 10.1. The lowest BCUT2D eigenvalue weighted by Crippen LogP contribution is -2.07. The van der Waals surface area contributed by atoms with E-state index >= 15 is 0 Å². The first-order valence-corrected chi connectivity index (χ1v) is 6.54. The maximum Gasteiger partial charge on any atom is 0.169 e. The molecule has 4 heteroatoms. The van der Waals surface area contributed by atoms with Gasteiger partial charge in [-0.25, -0.2) is 4.98 Å². The van der Waals surface area contributed by atoms with Gasteiger partial charge in [0.25, 0.3) is 0 Å². The van der Waals surface area contributed by atoms with E-state index < -0.39 is 0 Å². The molecule has 0 fully saturated rings. The van der Waals surface area contributed by atoms with E-state index in [0.717, 1.165) is 18.6 Å². The fourth-order valence-corrected chi connectivity index (χ4v) is 3.41. The number of hydrogen-bond acceptors (Lipinski definition) is 3. The summed E-state index contributed by atoms with van der Waals surface area (Å²) < 4.78 is 2.00. The summed E-state index contributed by atoms with van der Waals surface area (Å²) in [5.74, 6) is 1.62. The second-order valence-corrected chi connectivity index (χ2v) is 5.22. The third-order valence-corrected chi connectivity index (χ3v) is 4.26. The van der Waals surface area contributed by atoms with Gasteiger partial charge in [-0.1, -0.05) is 18.2 Å². The Kier molecular flexibility index (Phi) is 2.73. The molecule has 1 aromatic heterocycles. The molecule has 17 heavy (non-hydrogen) atoms. The first-order chi connectivity index (χ1) is 8.36. The van der Waals surface area contributed by atoms with Gasteiger partial charge < -0.3 is 4.57 Å². The molecule has 86 valence electrons. The minimum absolute atomic E-state index is 0.504. The minimum Gasteiger partial charge on any atom is -0.336 e. The van der Waals surface area contributed by atoms with Crippen LogP contribution in [0.4, 0.5) is 0 Å². The monoisotopic (exact) mass is 244 g/mol.